The number of aryl methyl sites for hydroxylation is 1. The third-order valence-corrected chi connectivity index (χ3v) is 8.93. The summed E-state index contributed by atoms with van der Waals surface area (Å²) in [6, 6.07) is 18.9. The zero-order valence-corrected chi connectivity index (χ0v) is 25.0. The van der Waals surface area contributed by atoms with Crippen LogP contribution in [0.1, 0.15) is 38.3 Å². The molecule has 0 aromatic heterocycles. The molecule has 0 bridgehead atoms. The molecule has 0 heterocycles. The zero-order chi connectivity index (χ0) is 29.4. The maximum absolute atomic E-state index is 14.0. The van der Waals surface area contributed by atoms with Gasteiger partial charge >= 0.3 is 0 Å². The van der Waals surface area contributed by atoms with Crippen LogP contribution in [0.2, 0.25) is 5.02 Å². The average molecular weight is 586 g/mol. The number of amides is 2. The first kappa shape index (κ1) is 31.0. The van der Waals surface area contributed by atoms with Crippen molar-refractivity contribution in [2.75, 3.05) is 18.0 Å². The third kappa shape index (κ3) is 7.55. The molecule has 3 aromatic carbocycles. The lowest BCUT2D eigenvalue weighted by atomic mass is 10.1. The molecule has 10 heteroatoms. The van der Waals surface area contributed by atoms with E-state index in [0.29, 0.717) is 10.8 Å². The van der Waals surface area contributed by atoms with Gasteiger partial charge in [0, 0.05) is 17.6 Å². The van der Waals surface area contributed by atoms with Crippen LogP contribution in [0.3, 0.4) is 0 Å². The molecule has 2 amide bonds. The fourth-order valence-corrected chi connectivity index (χ4v) is 5.56. The summed E-state index contributed by atoms with van der Waals surface area (Å²) in [7, 11) is -2.59. The molecule has 40 heavy (non-hydrogen) atoms. The van der Waals surface area contributed by atoms with E-state index in [1.807, 2.05) is 20.8 Å². The number of benzene rings is 3. The Morgan fingerprint density at radius 2 is 1.65 bits per heavy atom. The molecule has 0 fully saturated rings. The number of hydrogen-bond donors (Lipinski definition) is 1. The van der Waals surface area contributed by atoms with Gasteiger partial charge in [-0.3, -0.25) is 13.9 Å². The first-order valence-electron chi connectivity index (χ1n) is 13.0. The van der Waals surface area contributed by atoms with Crippen LogP contribution in [0.5, 0.6) is 5.75 Å². The summed E-state index contributed by atoms with van der Waals surface area (Å²) in [4.78, 5) is 28.5. The van der Waals surface area contributed by atoms with E-state index < -0.39 is 28.5 Å². The van der Waals surface area contributed by atoms with Crippen molar-refractivity contribution >= 4 is 39.1 Å². The van der Waals surface area contributed by atoms with Crippen LogP contribution in [0, 0.1) is 6.92 Å². The Balaban J connectivity index is 2.03. The van der Waals surface area contributed by atoms with Gasteiger partial charge in [-0.05, 0) is 74.7 Å². The van der Waals surface area contributed by atoms with E-state index in [-0.39, 0.29) is 29.1 Å². The van der Waals surface area contributed by atoms with Gasteiger partial charge in [0.25, 0.3) is 10.0 Å². The van der Waals surface area contributed by atoms with Crippen LogP contribution in [0.4, 0.5) is 5.69 Å². The minimum absolute atomic E-state index is 0.0313. The van der Waals surface area contributed by atoms with Crippen molar-refractivity contribution in [2.24, 2.45) is 0 Å². The van der Waals surface area contributed by atoms with E-state index in [4.69, 9.17) is 16.3 Å². The number of anilines is 1. The summed E-state index contributed by atoms with van der Waals surface area (Å²) in [6.07, 6.45) is 0.724. The molecular formula is C30H36ClN3O5S. The number of ether oxygens (including phenoxy) is 1. The topological polar surface area (TPSA) is 96.0 Å². The molecule has 8 nitrogen and oxygen atoms in total. The van der Waals surface area contributed by atoms with Crippen LogP contribution >= 0.6 is 11.6 Å². The number of hydrogen-bond acceptors (Lipinski definition) is 5. The van der Waals surface area contributed by atoms with Gasteiger partial charge < -0.3 is 15.0 Å². The van der Waals surface area contributed by atoms with Crippen molar-refractivity contribution in [1.29, 1.82) is 0 Å². The van der Waals surface area contributed by atoms with Crippen LogP contribution < -0.4 is 14.4 Å². The van der Waals surface area contributed by atoms with Gasteiger partial charge in [-0.1, -0.05) is 54.9 Å². The van der Waals surface area contributed by atoms with Crippen molar-refractivity contribution < 1.29 is 22.7 Å². The minimum atomic E-state index is -4.15. The number of sulfonamides is 1. The quantitative estimate of drug-likeness (QED) is 0.316. The van der Waals surface area contributed by atoms with E-state index in [1.165, 1.54) is 23.1 Å². The lowest BCUT2D eigenvalue weighted by Crippen LogP contribution is -2.52. The summed E-state index contributed by atoms with van der Waals surface area (Å²) in [5.74, 6) is -0.216. The van der Waals surface area contributed by atoms with Gasteiger partial charge in [-0.2, -0.15) is 0 Å². The Labute approximate surface area is 241 Å². The highest BCUT2D eigenvalue weighted by Gasteiger charge is 2.33. The number of halogens is 1. The van der Waals surface area contributed by atoms with Gasteiger partial charge in [0.1, 0.15) is 18.3 Å². The van der Waals surface area contributed by atoms with Crippen LogP contribution in [0.25, 0.3) is 0 Å². The summed E-state index contributed by atoms with van der Waals surface area (Å²) in [6.45, 7) is 6.84. The highest BCUT2D eigenvalue weighted by atomic mass is 35.5. The highest BCUT2D eigenvalue weighted by molar-refractivity contribution is 7.92. The van der Waals surface area contributed by atoms with Gasteiger partial charge in [-0.25, -0.2) is 8.42 Å². The second-order valence-corrected chi connectivity index (χ2v) is 11.9. The molecule has 0 aliphatic rings. The first-order chi connectivity index (χ1) is 19.0. The van der Waals surface area contributed by atoms with Crippen molar-refractivity contribution in [3.05, 3.63) is 88.9 Å². The molecule has 0 aliphatic carbocycles. The molecule has 0 unspecified atom stereocenters. The smallest absolute Gasteiger partial charge is 0.264 e. The molecule has 0 saturated carbocycles. The monoisotopic (exact) mass is 585 g/mol. The SMILES string of the molecule is CC[C@H](C)NC(=O)[C@H](C)N(Cc1ccc(OC)cc1)C(=O)CN(c1ccc(C)c(Cl)c1)S(=O)(=O)c1ccccc1. The Hall–Kier alpha value is -3.56. The molecule has 2 atom stereocenters. The highest BCUT2D eigenvalue weighted by Crippen LogP contribution is 2.28. The summed E-state index contributed by atoms with van der Waals surface area (Å²) >= 11 is 6.36. The van der Waals surface area contributed by atoms with Crippen LogP contribution in [-0.4, -0.2) is 50.9 Å². The number of nitrogens with zero attached hydrogens (tertiary/aromatic N) is 2. The standard InChI is InChI=1S/C30H36ClN3O5S/c1-6-22(3)32-30(36)23(4)33(19-24-13-16-26(39-5)17-14-24)29(35)20-34(25-15-12-21(2)28(31)18-25)40(37,38)27-10-8-7-9-11-27/h7-18,22-23H,6,19-20H2,1-5H3,(H,32,36)/t22-,23-/m0/s1. The Bertz CT molecular complexity index is 1420. The lowest BCUT2D eigenvalue weighted by molar-refractivity contribution is -0.139. The van der Waals surface area contributed by atoms with Crippen LogP contribution in [-0.2, 0) is 26.2 Å². The second-order valence-electron chi connectivity index (χ2n) is 9.62. The molecule has 1 N–H and O–H groups in total. The molecule has 0 aliphatic heterocycles. The van der Waals surface area contributed by atoms with Crippen molar-refractivity contribution in [1.82, 2.24) is 10.2 Å². The second kappa shape index (κ2) is 13.7. The van der Waals surface area contributed by atoms with E-state index in [1.54, 1.807) is 68.6 Å². The van der Waals surface area contributed by atoms with E-state index in [0.717, 1.165) is 21.9 Å². The first-order valence-corrected chi connectivity index (χ1v) is 14.9. The van der Waals surface area contributed by atoms with Gasteiger partial charge in [0.15, 0.2) is 0 Å². The number of methoxy groups -OCH3 is 1. The number of nitrogens with one attached hydrogen (secondary N) is 1. The van der Waals surface area contributed by atoms with E-state index >= 15 is 0 Å². The third-order valence-electron chi connectivity index (χ3n) is 6.73. The number of carbonyl (C=O) groups excluding carboxylic acids is 2. The van der Waals surface area contributed by atoms with Gasteiger partial charge in [0.2, 0.25) is 11.8 Å². The van der Waals surface area contributed by atoms with Gasteiger partial charge in [-0.15, -0.1) is 0 Å². The fourth-order valence-electron chi connectivity index (χ4n) is 3.96. The summed E-state index contributed by atoms with van der Waals surface area (Å²) < 4.78 is 33.9. The van der Waals surface area contributed by atoms with Crippen molar-refractivity contribution in [3.8, 4) is 5.75 Å². The predicted octanol–water partition coefficient (Wildman–Crippen LogP) is 5.18. The predicted molar refractivity (Wildman–Crippen MR) is 158 cm³/mol. The molecular weight excluding hydrogens is 550 g/mol. The molecule has 214 valence electrons. The largest absolute Gasteiger partial charge is 0.497 e. The fraction of sp³-hybridized carbons (Fsp3) is 0.333. The van der Waals surface area contributed by atoms with Crippen LogP contribution in [0.15, 0.2) is 77.7 Å². The minimum Gasteiger partial charge on any atom is -0.497 e. The maximum atomic E-state index is 14.0. The average Bonchev–Trinajstić information content (AvgIpc) is 2.96. The Morgan fingerprint density at radius 3 is 2.23 bits per heavy atom. The molecule has 3 aromatic rings. The lowest BCUT2D eigenvalue weighted by Gasteiger charge is -2.32. The molecule has 3 rings (SSSR count). The maximum Gasteiger partial charge on any atom is 0.264 e. The summed E-state index contributed by atoms with van der Waals surface area (Å²) in [5, 5.41) is 3.29. The van der Waals surface area contributed by atoms with E-state index in [9.17, 15) is 18.0 Å². The molecule has 0 saturated heterocycles. The number of carbonyl (C=O) groups is 2. The van der Waals surface area contributed by atoms with E-state index in [2.05, 4.69) is 5.32 Å². The Kier molecular flexibility index (Phi) is 10.6. The zero-order valence-electron chi connectivity index (χ0n) is 23.4. The molecule has 0 radical (unpaired) electrons. The molecule has 0 spiro atoms. The van der Waals surface area contributed by atoms with Gasteiger partial charge in [0.05, 0.1) is 17.7 Å². The number of rotatable bonds is 12. The Morgan fingerprint density at radius 1 is 1.00 bits per heavy atom. The summed E-state index contributed by atoms with van der Waals surface area (Å²) in [5.41, 5.74) is 1.77. The normalized spacial score (nSPS) is 12.8. The van der Waals surface area contributed by atoms with Crippen molar-refractivity contribution in [3.63, 3.8) is 0 Å². The van der Waals surface area contributed by atoms with Crippen molar-refractivity contribution in [2.45, 2.75) is 57.6 Å².